The number of hydrogen-bond acceptors (Lipinski definition) is 5. The molecule has 0 amide bonds. The van der Waals surface area contributed by atoms with E-state index in [9.17, 15) is 9.59 Å². The first-order valence-corrected chi connectivity index (χ1v) is 7.03. The first kappa shape index (κ1) is 17.8. The van der Waals surface area contributed by atoms with E-state index >= 15 is 0 Å². The number of methoxy groups -OCH3 is 1. The largest absolute Gasteiger partial charge is 0.496 e. The van der Waals surface area contributed by atoms with E-state index in [0.717, 1.165) is 0 Å². The molecule has 0 heterocycles. The normalized spacial score (nSPS) is 11.3. The fourth-order valence-corrected chi connectivity index (χ4v) is 1.68. The summed E-state index contributed by atoms with van der Waals surface area (Å²) in [6.45, 7) is 7.43. The van der Waals surface area contributed by atoms with E-state index in [1.165, 1.54) is 13.2 Å². The van der Waals surface area contributed by atoms with E-state index in [2.05, 4.69) is 0 Å². The molecule has 5 nitrogen and oxygen atoms in total. The average molecular weight is 306 g/mol. The maximum atomic E-state index is 12.2. The molecule has 1 aromatic rings. The molecule has 0 unspecified atom stereocenters. The highest BCUT2D eigenvalue weighted by Crippen LogP contribution is 2.23. The van der Waals surface area contributed by atoms with Crippen LogP contribution in [-0.2, 0) is 14.3 Å². The van der Waals surface area contributed by atoms with Crippen LogP contribution in [-0.4, -0.2) is 31.3 Å². The van der Waals surface area contributed by atoms with Crippen LogP contribution in [0.4, 0.5) is 0 Å². The number of hydrogen-bond donors (Lipinski definition) is 0. The van der Waals surface area contributed by atoms with Crippen molar-refractivity contribution >= 4 is 18.0 Å². The molecule has 0 radical (unpaired) electrons. The molecule has 0 bridgehead atoms. The quantitative estimate of drug-likeness (QED) is 0.617. The third kappa shape index (κ3) is 5.60. The highest BCUT2D eigenvalue weighted by molar-refractivity contribution is 5.94. The minimum absolute atomic E-state index is 0.309. The van der Waals surface area contributed by atoms with E-state index in [4.69, 9.17) is 14.2 Å². The number of carbonyl (C=O) groups excluding carboxylic acids is 2. The second kappa shape index (κ2) is 7.64. The molecule has 0 atom stereocenters. The predicted octanol–water partition coefficient (Wildman–Crippen LogP) is 3.23. The highest BCUT2D eigenvalue weighted by Gasteiger charge is 2.21. The number of benzene rings is 1. The van der Waals surface area contributed by atoms with Gasteiger partial charge in [0.25, 0.3) is 0 Å². The molecule has 1 aromatic carbocycles. The Morgan fingerprint density at radius 2 is 1.91 bits per heavy atom. The van der Waals surface area contributed by atoms with Crippen molar-refractivity contribution in [3.63, 3.8) is 0 Å². The molecule has 0 saturated heterocycles. The lowest BCUT2D eigenvalue weighted by Gasteiger charge is -2.20. The zero-order valence-corrected chi connectivity index (χ0v) is 13.6. The van der Waals surface area contributed by atoms with Crippen LogP contribution in [0.5, 0.6) is 5.75 Å². The summed E-state index contributed by atoms with van der Waals surface area (Å²) in [5.41, 5.74) is 0.386. The monoisotopic (exact) mass is 306 g/mol. The number of esters is 2. The summed E-state index contributed by atoms with van der Waals surface area (Å²) in [6.07, 6.45) is 2.88. The van der Waals surface area contributed by atoms with Crippen molar-refractivity contribution in [3.05, 3.63) is 35.4 Å². The van der Waals surface area contributed by atoms with Crippen LogP contribution in [0.25, 0.3) is 6.08 Å². The van der Waals surface area contributed by atoms with Gasteiger partial charge in [-0.1, -0.05) is 6.07 Å². The lowest BCUT2D eigenvalue weighted by atomic mass is 10.1. The summed E-state index contributed by atoms with van der Waals surface area (Å²) in [6, 6.07) is 5.01. The van der Waals surface area contributed by atoms with Gasteiger partial charge in [-0.3, -0.25) is 0 Å². The predicted molar refractivity (Wildman–Crippen MR) is 83.8 cm³/mol. The lowest BCUT2D eigenvalue weighted by Crippen LogP contribution is -2.24. The molecular weight excluding hydrogens is 284 g/mol. The zero-order valence-electron chi connectivity index (χ0n) is 13.6. The Hall–Kier alpha value is -2.30. The number of carbonyl (C=O) groups is 2. The maximum Gasteiger partial charge on any atom is 0.342 e. The molecular formula is C17H22O5. The Morgan fingerprint density at radius 1 is 1.23 bits per heavy atom. The first-order chi connectivity index (χ1) is 10.3. The van der Waals surface area contributed by atoms with E-state index in [0.29, 0.717) is 23.5 Å². The van der Waals surface area contributed by atoms with Gasteiger partial charge in [0.05, 0.1) is 13.7 Å². The van der Waals surface area contributed by atoms with Crippen molar-refractivity contribution in [3.8, 4) is 5.75 Å². The molecule has 0 spiro atoms. The van der Waals surface area contributed by atoms with Gasteiger partial charge in [-0.05, 0) is 51.5 Å². The Balaban J connectivity index is 3.03. The fraction of sp³-hybridized carbons (Fsp3) is 0.412. The molecule has 0 saturated carbocycles. The molecule has 0 N–H and O–H groups in total. The fourth-order valence-electron chi connectivity index (χ4n) is 1.68. The second-order valence-corrected chi connectivity index (χ2v) is 5.55. The Bertz CT molecular complexity index is 567. The minimum Gasteiger partial charge on any atom is -0.496 e. The smallest absolute Gasteiger partial charge is 0.342 e. The van der Waals surface area contributed by atoms with Gasteiger partial charge < -0.3 is 14.2 Å². The maximum absolute atomic E-state index is 12.2. The molecule has 1 rings (SSSR count). The molecule has 0 fully saturated rings. The Kier molecular flexibility index (Phi) is 6.16. The van der Waals surface area contributed by atoms with Gasteiger partial charge in [0.2, 0.25) is 0 Å². The summed E-state index contributed by atoms with van der Waals surface area (Å²) in [7, 11) is 1.48. The highest BCUT2D eigenvalue weighted by atomic mass is 16.6. The summed E-state index contributed by atoms with van der Waals surface area (Å²) in [5, 5.41) is 0. The van der Waals surface area contributed by atoms with Gasteiger partial charge in [0, 0.05) is 6.08 Å². The van der Waals surface area contributed by atoms with Crippen molar-refractivity contribution in [1.82, 2.24) is 0 Å². The molecule has 0 aliphatic carbocycles. The summed E-state index contributed by atoms with van der Waals surface area (Å²) >= 11 is 0. The van der Waals surface area contributed by atoms with Crippen molar-refractivity contribution < 1.29 is 23.8 Å². The van der Waals surface area contributed by atoms with Crippen molar-refractivity contribution in [2.75, 3.05) is 13.7 Å². The van der Waals surface area contributed by atoms with Gasteiger partial charge in [0.1, 0.15) is 16.9 Å². The van der Waals surface area contributed by atoms with Crippen LogP contribution in [0.15, 0.2) is 24.3 Å². The van der Waals surface area contributed by atoms with Crippen molar-refractivity contribution in [2.24, 2.45) is 0 Å². The van der Waals surface area contributed by atoms with Crippen molar-refractivity contribution in [2.45, 2.75) is 33.3 Å². The van der Waals surface area contributed by atoms with Gasteiger partial charge in [-0.25, -0.2) is 9.59 Å². The Labute approximate surface area is 130 Å². The molecule has 120 valence electrons. The van der Waals surface area contributed by atoms with Crippen LogP contribution < -0.4 is 4.74 Å². The minimum atomic E-state index is -0.598. The lowest BCUT2D eigenvalue weighted by molar-refractivity contribution is -0.137. The molecule has 0 aromatic heterocycles. The molecule has 22 heavy (non-hydrogen) atoms. The van der Waals surface area contributed by atoms with E-state index < -0.39 is 17.5 Å². The van der Waals surface area contributed by atoms with Gasteiger partial charge in [0.15, 0.2) is 0 Å². The van der Waals surface area contributed by atoms with E-state index in [1.807, 2.05) is 0 Å². The average Bonchev–Trinajstić information content (AvgIpc) is 2.43. The molecule has 0 aliphatic rings. The van der Waals surface area contributed by atoms with Crippen molar-refractivity contribution in [1.29, 1.82) is 0 Å². The van der Waals surface area contributed by atoms with Crippen LogP contribution in [0.2, 0.25) is 0 Å². The van der Waals surface area contributed by atoms with Gasteiger partial charge >= 0.3 is 11.9 Å². The van der Waals surface area contributed by atoms with Crippen LogP contribution in [0.3, 0.4) is 0 Å². The van der Waals surface area contributed by atoms with E-state index in [-0.39, 0.29) is 0 Å². The standard InChI is InChI=1S/C17H22O5/c1-6-21-15(18)10-8-12-7-9-14(20-5)13(11-12)16(19)22-17(2,3)4/h7-11H,6H2,1-5H3/b10-8-. The molecule has 5 heteroatoms. The zero-order chi connectivity index (χ0) is 16.8. The summed E-state index contributed by atoms with van der Waals surface area (Å²) < 4.78 is 15.3. The van der Waals surface area contributed by atoms with Crippen LogP contribution in [0.1, 0.15) is 43.6 Å². The topological polar surface area (TPSA) is 61.8 Å². The third-order valence-corrected chi connectivity index (χ3v) is 2.54. The summed E-state index contributed by atoms with van der Waals surface area (Å²) in [5.74, 6) is -0.490. The number of ether oxygens (including phenoxy) is 3. The van der Waals surface area contributed by atoms with Crippen LogP contribution in [0, 0.1) is 0 Å². The van der Waals surface area contributed by atoms with Gasteiger partial charge in [-0.2, -0.15) is 0 Å². The number of rotatable bonds is 5. The van der Waals surface area contributed by atoms with Crippen LogP contribution >= 0.6 is 0 Å². The second-order valence-electron chi connectivity index (χ2n) is 5.55. The Morgan fingerprint density at radius 3 is 2.45 bits per heavy atom. The third-order valence-electron chi connectivity index (χ3n) is 2.54. The SMILES string of the molecule is CCOC(=O)/C=C\c1ccc(OC)c(C(=O)OC(C)(C)C)c1. The first-order valence-electron chi connectivity index (χ1n) is 7.03. The summed E-state index contributed by atoms with van der Waals surface area (Å²) in [4.78, 5) is 23.5. The van der Waals surface area contributed by atoms with Gasteiger partial charge in [-0.15, -0.1) is 0 Å². The van der Waals surface area contributed by atoms with E-state index in [1.54, 1.807) is 52.0 Å². The molecule has 0 aliphatic heterocycles.